The summed E-state index contributed by atoms with van der Waals surface area (Å²) in [6.07, 6.45) is 0. The Bertz CT molecular complexity index is 4.85. The van der Waals surface area contributed by atoms with Crippen molar-refractivity contribution in [2.75, 3.05) is 0 Å². The molecule has 0 amide bonds. The molecule has 0 aromatic heterocycles. The Morgan fingerprint density at radius 1 is 0.400 bits per heavy atom. The fourth-order valence-corrected chi connectivity index (χ4v) is 0. The van der Waals surface area contributed by atoms with Crippen LogP contribution in [0.1, 0.15) is 0 Å². The summed E-state index contributed by atoms with van der Waals surface area (Å²) < 4.78 is 0. The Morgan fingerprint density at radius 3 is 0.400 bits per heavy atom. The van der Waals surface area contributed by atoms with Crippen molar-refractivity contribution in [1.29, 1.82) is 0 Å². The van der Waals surface area contributed by atoms with Gasteiger partial charge in [-0.3, -0.25) is 0 Å². The molecular weight excluding hydrogens is 297 g/mol. The van der Waals surface area contributed by atoms with Gasteiger partial charge in [0.05, 0.1) is 0 Å². The van der Waals surface area contributed by atoms with Gasteiger partial charge in [-0.25, -0.2) is 0 Å². The van der Waals surface area contributed by atoms with E-state index in [1.807, 2.05) is 0 Å². The second kappa shape index (κ2) is 31.0. The molecule has 0 nitrogen and oxygen atoms in total. The van der Waals surface area contributed by atoms with Gasteiger partial charge in [0.25, 0.3) is 0 Å². The molecule has 7 radical (unpaired) electrons. The zero-order chi connectivity index (χ0) is 0. The molecule has 0 N–H and O–H groups in total. The molecule has 0 aliphatic rings. The van der Waals surface area contributed by atoms with Crippen LogP contribution >= 0.6 is 0 Å². The van der Waals surface area contributed by atoms with Crippen LogP contribution in [0.25, 0.3) is 0 Å². The molecule has 0 fully saturated rings. The van der Waals surface area contributed by atoms with Crippen molar-refractivity contribution < 1.29 is 67.1 Å². The van der Waals surface area contributed by atoms with E-state index in [-0.39, 0.29) is 87.4 Å². The summed E-state index contributed by atoms with van der Waals surface area (Å²) >= 11 is 0. The molecule has 0 aliphatic heterocycles. The Kier molecular flexibility index (Phi) is 308. The van der Waals surface area contributed by atoms with Crippen molar-refractivity contribution in [3.8, 4) is 0 Å². The van der Waals surface area contributed by atoms with Gasteiger partial charge >= 0.3 is 0 Å². The van der Waals surface area contributed by atoms with Gasteiger partial charge < -0.3 is 0 Å². The third-order valence-electron chi connectivity index (χ3n) is 0. The molecule has 0 aromatic carbocycles. The molecule has 0 heterocycles. The predicted molar refractivity (Wildman–Crippen MR) is 11.5 cm³/mol. The van der Waals surface area contributed by atoms with E-state index in [9.17, 15) is 0 Å². The van der Waals surface area contributed by atoms with Crippen LogP contribution in [-0.2, 0) is 67.1 Å². The normalized spacial score (nSPS) is 0. The molecule has 0 saturated heterocycles. The summed E-state index contributed by atoms with van der Waals surface area (Å²) in [4.78, 5) is 0. The molecule has 0 unspecified atom stereocenters. The third-order valence-corrected chi connectivity index (χ3v) is 0. The molecule has 0 saturated carbocycles. The van der Waals surface area contributed by atoms with E-state index < -0.39 is 0 Å². The average Bonchev–Trinajstić information content (AvgIpc) is 0. The van der Waals surface area contributed by atoms with Gasteiger partial charge in [0.15, 0.2) is 0 Å². The van der Waals surface area contributed by atoms with E-state index in [0.29, 0.717) is 0 Å². The van der Waals surface area contributed by atoms with Crippen LogP contribution in [0.2, 0.25) is 0 Å². The predicted octanol–water partition coefficient (Wildman–Crippen LogP) is -0.769. The molecule has 0 rings (SSSR count). The van der Waals surface area contributed by atoms with E-state index in [2.05, 4.69) is 0 Å². The maximum atomic E-state index is 0. The topological polar surface area (TPSA) is 0 Å². The summed E-state index contributed by atoms with van der Waals surface area (Å²) in [7, 11) is 0. The van der Waals surface area contributed by atoms with Gasteiger partial charge in [-0.15, -0.1) is 0 Å². The summed E-state index contributed by atoms with van der Waals surface area (Å²) in [5.41, 5.74) is 0. The molecule has 0 atom stereocenters. The van der Waals surface area contributed by atoms with Crippen LogP contribution in [0.3, 0.4) is 0 Å². The maximum absolute atomic E-state index is 0. The first-order valence-corrected chi connectivity index (χ1v) is 0. The quantitative estimate of drug-likeness (QED) is 0.515. The van der Waals surface area contributed by atoms with Crippen LogP contribution in [0.5, 0.6) is 0 Å². The van der Waals surface area contributed by atoms with Gasteiger partial charge in [0, 0.05) is 87.4 Å². The summed E-state index contributed by atoms with van der Waals surface area (Å²) in [6.45, 7) is 0. The molecule has 0 aromatic rings. The van der Waals surface area contributed by atoms with E-state index in [0.717, 1.165) is 0 Å². The van der Waals surface area contributed by atoms with Crippen molar-refractivity contribution in [3.05, 3.63) is 0 Å². The number of hydrogen-bond acceptors (Lipinski definition) is 0. The van der Waals surface area contributed by atoms with E-state index in [4.69, 9.17) is 0 Å². The number of hydrogen-bond donors (Lipinski definition) is 0. The van der Waals surface area contributed by atoms with Gasteiger partial charge in [0.1, 0.15) is 0 Å². The fraction of sp³-hybridized carbons (Fsp3) is 0. The zero-order valence-corrected chi connectivity index (χ0v) is 9.35. The summed E-state index contributed by atoms with van der Waals surface area (Å²) in [6, 6.07) is 0. The molecule has 5 heavy (non-hydrogen) atoms. The Balaban J connectivity index is 0. The summed E-state index contributed by atoms with van der Waals surface area (Å²) in [5.74, 6) is 0. The minimum atomic E-state index is 0. The Hall–Kier alpha value is 2.56. The monoisotopic (exact) mass is 297 g/mol. The molecular formula is Be2Nb3. The SMILES string of the molecule is [Be].[Be].[Nb].[Nb].[Nb]. The molecule has 19 valence electrons. The third kappa shape index (κ3) is 20.8. The van der Waals surface area contributed by atoms with Gasteiger partial charge in [-0.2, -0.15) is 0 Å². The Morgan fingerprint density at radius 2 is 0.400 bits per heavy atom. The van der Waals surface area contributed by atoms with E-state index in [1.165, 1.54) is 0 Å². The molecule has 0 bridgehead atoms. The smallest absolute Gasteiger partial charge is 0 e. The fourth-order valence-electron chi connectivity index (χ4n) is 0. The molecule has 0 aliphatic carbocycles. The van der Waals surface area contributed by atoms with Crippen LogP contribution < -0.4 is 0 Å². The van der Waals surface area contributed by atoms with Gasteiger partial charge in [0.2, 0.25) is 0 Å². The standard InChI is InChI=1S/2Be.3Nb. The van der Waals surface area contributed by atoms with Crippen molar-refractivity contribution >= 4 is 20.2 Å². The van der Waals surface area contributed by atoms with Crippen LogP contribution in [0.15, 0.2) is 0 Å². The Labute approximate surface area is 86.2 Å². The summed E-state index contributed by atoms with van der Waals surface area (Å²) in [5, 5.41) is 0. The molecule has 0 spiro atoms. The number of rotatable bonds is 0. The van der Waals surface area contributed by atoms with Crippen molar-refractivity contribution in [3.63, 3.8) is 0 Å². The first-order valence-electron chi connectivity index (χ1n) is 0. The van der Waals surface area contributed by atoms with E-state index in [1.54, 1.807) is 0 Å². The van der Waals surface area contributed by atoms with E-state index >= 15 is 0 Å². The van der Waals surface area contributed by atoms with Crippen LogP contribution in [-0.4, -0.2) is 20.2 Å². The minimum absolute atomic E-state index is 0. The first-order chi connectivity index (χ1) is 0. The molecule has 5 heteroatoms. The van der Waals surface area contributed by atoms with Gasteiger partial charge in [-0.1, -0.05) is 0 Å². The maximum Gasteiger partial charge on any atom is 0 e. The largest absolute Gasteiger partial charge is 0 e. The first kappa shape index (κ1) is 49.7. The second-order valence-corrected chi connectivity index (χ2v) is 0. The van der Waals surface area contributed by atoms with Crippen molar-refractivity contribution in [1.82, 2.24) is 0 Å². The van der Waals surface area contributed by atoms with Crippen molar-refractivity contribution in [2.24, 2.45) is 0 Å². The zero-order valence-electron chi connectivity index (χ0n) is 2.76. The average molecular weight is 297 g/mol. The van der Waals surface area contributed by atoms with Gasteiger partial charge in [-0.05, 0) is 0 Å². The van der Waals surface area contributed by atoms with Crippen molar-refractivity contribution in [2.45, 2.75) is 0 Å². The minimum Gasteiger partial charge on any atom is 0 e. The van der Waals surface area contributed by atoms with Crippen LogP contribution in [0, 0.1) is 0 Å². The van der Waals surface area contributed by atoms with Crippen LogP contribution in [0.4, 0.5) is 0 Å². The second-order valence-electron chi connectivity index (χ2n) is 0.